The third kappa shape index (κ3) is 4.57. The second-order valence-electron chi connectivity index (χ2n) is 5.45. The van der Waals surface area contributed by atoms with E-state index in [0.29, 0.717) is 5.69 Å². The Labute approximate surface area is 119 Å². The molecule has 0 atom stereocenters. The fraction of sp³-hybridized carbons (Fsp3) is 0.467. The Balaban J connectivity index is 2.60. The molecule has 0 saturated carbocycles. The van der Waals surface area contributed by atoms with Gasteiger partial charge in [0.15, 0.2) is 6.61 Å². The fourth-order valence-electron chi connectivity index (χ4n) is 1.56. The Kier molecular flexibility index (Phi) is 5.13. The van der Waals surface area contributed by atoms with E-state index in [1.165, 1.54) is 0 Å². The zero-order valence-electron chi connectivity index (χ0n) is 12.4. The molecular formula is C15H22N2O3. The average Bonchev–Trinajstić information content (AvgIpc) is 2.38. The highest BCUT2D eigenvalue weighted by molar-refractivity contribution is 5.96. The summed E-state index contributed by atoms with van der Waals surface area (Å²) in [5.41, 5.74) is 6.94. The average molecular weight is 278 g/mol. The van der Waals surface area contributed by atoms with Crippen LogP contribution < -0.4 is 11.1 Å². The number of benzene rings is 1. The summed E-state index contributed by atoms with van der Waals surface area (Å²) in [6.45, 7) is 7.33. The first kappa shape index (κ1) is 16.0. The van der Waals surface area contributed by atoms with E-state index in [0.717, 1.165) is 12.0 Å². The van der Waals surface area contributed by atoms with Gasteiger partial charge in [0.25, 0.3) is 5.91 Å². The maximum Gasteiger partial charge on any atom is 0.340 e. The fourth-order valence-corrected chi connectivity index (χ4v) is 1.56. The standard InChI is InChI=1S/C15H22N2O3/c1-5-15(3,4)17-13(18)9-20-14(19)11-8-10(2)6-7-12(11)16/h6-8H,5,9,16H2,1-4H3,(H,17,18). The normalized spacial score (nSPS) is 11.0. The molecule has 0 aliphatic carbocycles. The van der Waals surface area contributed by atoms with Gasteiger partial charge < -0.3 is 15.8 Å². The van der Waals surface area contributed by atoms with E-state index in [1.807, 2.05) is 33.8 Å². The molecule has 0 heterocycles. The van der Waals surface area contributed by atoms with Gasteiger partial charge in [-0.05, 0) is 39.3 Å². The number of nitrogen functional groups attached to an aromatic ring is 1. The number of rotatable bonds is 5. The van der Waals surface area contributed by atoms with E-state index < -0.39 is 5.97 Å². The smallest absolute Gasteiger partial charge is 0.340 e. The van der Waals surface area contributed by atoms with Crippen molar-refractivity contribution in [3.63, 3.8) is 0 Å². The van der Waals surface area contributed by atoms with Gasteiger partial charge in [0.1, 0.15) is 0 Å². The van der Waals surface area contributed by atoms with Crippen molar-refractivity contribution >= 4 is 17.6 Å². The summed E-state index contributed by atoms with van der Waals surface area (Å²) in [6.07, 6.45) is 0.789. The van der Waals surface area contributed by atoms with Crippen LogP contribution in [0.2, 0.25) is 0 Å². The van der Waals surface area contributed by atoms with E-state index in [9.17, 15) is 9.59 Å². The molecule has 0 aromatic heterocycles. The van der Waals surface area contributed by atoms with Gasteiger partial charge in [0.05, 0.1) is 5.56 Å². The SMILES string of the molecule is CCC(C)(C)NC(=O)COC(=O)c1cc(C)ccc1N. The molecule has 0 spiro atoms. The zero-order chi connectivity index (χ0) is 15.3. The Bertz CT molecular complexity index is 510. The minimum atomic E-state index is -0.587. The summed E-state index contributed by atoms with van der Waals surface area (Å²) in [4.78, 5) is 23.6. The summed E-state index contributed by atoms with van der Waals surface area (Å²) in [6, 6.07) is 5.10. The second-order valence-corrected chi connectivity index (χ2v) is 5.45. The van der Waals surface area contributed by atoms with Crippen LogP contribution >= 0.6 is 0 Å². The molecule has 20 heavy (non-hydrogen) atoms. The minimum Gasteiger partial charge on any atom is -0.452 e. The van der Waals surface area contributed by atoms with Gasteiger partial charge in [-0.15, -0.1) is 0 Å². The largest absolute Gasteiger partial charge is 0.452 e. The number of anilines is 1. The predicted octanol–water partition coefficient (Wildman–Crippen LogP) is 2.04. The molecule has 0 bridgehead atoms. The lowest BCUT2D eigenvalue weighted by Gasteiger charge is -2.24. The maximum absolute atomic E-state index is 11.9. The van der Waals surface area contributed by atoms with Crippen LogP contribution in [0.1, 0.15) is 43.1 Å². The topological polar surface area (TPSA) is 81.4 Å². The molecule has 110 valence electrons. The molecule has 1 rings (SSSR count). The Morgan fingerprint density at radius 3 is 2.60 bits per heavy atom. The number of nitrogens with one attached hydrogen (secondary N) is 1. The molecule has 5 nitrogen and oxygen atoms in total. The molecule has 1 amide bonds. The number of nitrogens with two attached hydrogens (primary N) is 1. The number of esters is 1. The molecule has 0 radical (unpaired) electrons. The van der Waals surface area contributed by atoms with Gasteiger partial charge in [0, 0.05) is 11.2 Å². The van der Waals surface area contributed by atoms with Gasteiger partial charge in [-0.25, -0.2) is 4.79 Å². The quantitative estimate of drug-likeness (QED) is 0.638. The van der Waals surface area contributed by atoms with E-state index in [1.54, 1.807) is 12.1 Å². The molecule has 0 unspecified atom stereocenters. The first-order valence-electron chi connectivity index (χ1n) is 6.59. The van der Waals surface area contributed by atoms with Crippen molar-refractivity contribution in [1.29, 1.82) is 0 Å². The molecule has 3 N–H and O–H groups in total. The molecule has 0 aliphatic rings. The van der Waals surface area contributed by atoms with Crippen molar-refractivity contribution in [3.8, 4) is 0 Å². The monoisotopic (exact) mass is 278 g/mol. The van der Waals surface area contributed by atoms with Crippen molar-refractivity contribution in [2.45, 2.75) is 39.7 Å². The number of aryl methyl sites for hydroxylation is 1. The molecule has 0 aliphatic heterocycles. The van der Waals surface area contributed by atoms with Crippen molar-refractivity contribution < 1.29 is 14.3 Å². The van der Waals surface area contributed by atoms with Crippen molar-refractivity contribution in [1.82, 2.24) is 5.32 Å². The van der Waals surface area contributed by atoms with Gasteiger partial charge in [-0.1, -0.05) is 18.6 Å². The highest BCUT2D eigenvalue weighted by Crippen LogP contribution is 2.15. The summed E-state index contributed by atoms with van der Waals surface area (Å²) < 4.78 is 4.99. The number of hydrogen-bond acceptors (Lipinski definition) is 4. The Hall–Kier alpha value is -2.04. The lowest BCUT2D eigenvalue weighted by Crippen LogP contribution is -2.44. The first-order chi connectivity index (χ1) is 9.25. The van der Waals surface area contributed by atoms with E-state index in [2.05, 4.69) is 5.32 Å². The van der Waals surface area contributed by atoms with Crippen LogP contribution in [0.3, 0.4) is 0 Å². The minimum absolute atomic E-state index is 0.285. The highest BCUT2D eigenvalue weighted by atomic mass is 16.5. The first-order valence-corrected chi connectivity index (χ1v) is 6.59. The number of carbonyl (C=O) groups excluding carboxylic acids is 2. The van der Waals surface area contributed by atoms with E-state index in [-0.39, 0.29) is 23.6 Å². The van der Waals surface area contributed by atoms with Crippen LogP contribution in [0.25, 0.3) is 0 Å². The summed E-state index contributed by atoms with van der Waals surface area (Å²) in [5.74, 6) is -0.910. The number of amides is 1. The van der Waals surface area contributed by atoms with Gasteiger partial charge in [-0.2, -0.15) is 0 Å². The number of carbonyl (C=O) groups is 2. The summed E-state index contributed by atoms with van der Waals surface area (Å²) in [5, 5.41) is 2.79. The maximum atomic E-state index is 11.9. The van der Waals surface area contributed by atoms with Crippen LogP contribution in [0.15, 0.2) is 18.2 Å². The lowest BCUT2D eigenvalue weighted by molar-refractivity contribution is -0.125. The van der Waals surface area contributed by atoms with Gasteiger partial charge in [-0.3, -0.25) is 4.79 Å². The predicted molar refractivity (Wildman–Crippen MR) is 78.4 cm³/mol. The molecule has 1 aromatic rings. The molecule has 0 fully saturated rings. The number of hydrogen-bond donors (Lipinski definition) is 2. The van der Waals surface area contributed by atoms with Crippen molar-refractivity contribution in [3.05, 3.63) is 29.3 Å². The van der Waals surface area contributed by atoms with Crippen LogP contribution in [0.5, 0.6) is 0 Å². The van der Waals surface area contributed by atoms with Gasteiger partial charge in [0.2, 0.25) is 0 Å². The lowest BCUT2D eigenvalue weighted by atomic mass is 10.0. The molecular weight excluding hydrogens is 256 g/mol. The summed E-state index contributed by atoms with van der Waals surface area (Å²) in [7, 11) is 0. The third-order valence-electron chi connectivity index (χ3n) is 3.12. The summed E-state index contributed by atoms with van der Waals surface area (Å²) >= 11 is 0. The molecule has 1 aromatic carbocycles. The van der Waals surface area contributed by atoms with Crippen LogP contribution in [0, 0.1) is 6.92 Å². The van der Waals surface area contributed by atoms with E-state index in [4.69, 9.17) is 10.5 Å². The second kappa shape index (κ2) is 6.41. The van der Waals surface area contributed by atoms with Crippen LogP contribution in [-0.4, -0.2) is 24.0 Å². The Morgan fingerprint density at radius 2 is 2.00 bits per heavy atom. The number of ether oxygens (including phenoxy) is 1. The molecule has 0 saturated heterocycles. The van der Waals surface area contributed by atoms with Crippen molar-refractivity contribution in [2.24, 2.45) is 0 Å². The van der Waals surface area contributed by atoms with Gasteiger partial charge >= 0.3 is 5.97 Å². The Morgan fingerprint density at radius 1 is 1.35 bits per heavy atom. The highest BCUT2D eigenvalue weighted by Gasteiger charge is 2.19. The van der Waals surface area contributed by atoms with Crippen LogP contribution in [0.4, 0.5) is 5.69 Å². The zero-order valence-corrected chi connectivity index (χ0v) is 12.4. The van der Waals surface area contributed by atoms with Crippen LogP contribution in [-0.2, 0) is 9.53 Å². The van der Waals surface area contributed by atoms with E-state index >= 15 is 0 Å². The molecule has 5 heteroatoms. The third-order valence-corrected chi connectivity index (χ3v) is 3.12. The van der Waals surface area contributed by atoms with Crippen molar-refractivity contribution in [2.75, 3.05) is 12.3 Å².